The molecule has 1 heterocycles. The minimum atomic E-state index is 0.115. The van der Waals surface area contributed by atoms with Crippen molar-refractivity contribution in [3.8, 4) is 0 Å². The van der Waals surface area contributed by atoms with E-state index in [1.54, 1.807) is 6.92 Å². The lowest BCUT2D eigenvalue weighted by atomic mass is 9.97. The summed E-state index contributed by atoms with van der Waals surface area (Å²) >= 11 is 0. The van der Waals surface area contributed by atoms with Gasteiger partial charge in [0, 0.05) is 33.0 Å². The van der Waals surface area contributed by atoms with Crippen LogP contribution in [0, 0.1) is 5.92 Å². The Kier molecular flexibility index (Phi) is 8.46. The smallest absolute Gasteiger partial charge is 0.219 e. The number of hydrogen-bond donors (Lipinski definition) is 1. The Labute approximate surface area is 105 Å². The van der Waals surface area contributed by atoms with Crippen molar-refractivity contribution in [1.82, 2.24) is 10.2 Å². The zero-order valence-corrected chi connectivity index (χ0v) is 11.6. The van der Waals surface area contributed by atoms with Crippen LogP contribution in [0.25, 0.3) is 0 Å². The molecule has 0 radical (unpaired) electrons. The summed E-state index contributed by atoms with van der Waals surface area (Å²) in [6.07, 6.45) is 2.55. The van der Waals surface area contributed by atoms with Gasteiger partial charge in [-0.15, -0.1) is 0 Å². The number of amides is 2. The minimum absolute atomic E-state index is 0.115. The quantitative estimate of drug-likeness (QED) is 0.820. The Morgan fingerprint density at radius 2 is 1.76 bits per heavy atom. The van der Waals surface area contributed by atoms with E-state index in [4.69, 9.17) is 0 Å². The normalized spacial score (nSPS) is 15.9. The van der Waals surface area contributed by atoms with E-state index in [0.29, 0.717) is 12.3 Å². The van der Waals surface area contributed by atoms with E-state index in [0.717, 1.165) is 32.5 Å². The van der Waals surface area contributed by atoms with Crippen LogP contribution in [0.3, 0.4) is 0 Å². The van der Waals surface area contributed by atoms with Crippen LogP contribution in [0.2, 0.25) is 0 Å². The van der Waals surface area contributed by atoms with Gasteiger partial charge in [-0.1, -0.05) is 20.8 Å². The number of carbonyl (C=O) groups excluding carboxylic acids is 2. The molecule has 2 amide bonds. The van der Waals surface area contributed by atoms with E-state index in [1.165, 1.54) is 0 Å². The maximum Gasteiger partial charge on any atom is 0.219 e. The molecular formula is C13H26N2O2. The monoisotopic (exact) mass is 242 g/mol. The Bertz CT molecular complexity index is 234. The van der Waals surface area contributed by atoms with Gasteiger partial charge in [0.15, 0.2) is 0 Å². The van der Waals surface area contributed by atoms with Crippen LogP contribution in [0.5, 0.6) is 0 Å². The van der Waals surface area contributed by atoms with Crippen molar-refractivity contribution in [2.75, 3.05) is 19.6 Å². The Morgan fingerprint density at radius 1 is 1.24 bits per heavy atom. The molecule has 0 saturated carbocycles. The summed E-state index contributed by atoms with van der Waals surface area (Å²) < 4.78 is 0. The largest absolute Gasteiger partial charge is 0.356 e. The molecule has 17 heavy (non-hydrogen) atoms. The Balaban J connectivity index is 0.00000121. The molecule has 0 unspecified atom stereocenters. The minimum Gasteiger partial charge on any atom is -0.356 e. The van der Waals surface area contributed by atoms with E-state index >= 15 is 0 Å². The lowest BCUT2D eigenvalue weighted by molar-refractivity contribution is -0.130. The first-order chi connectivity index (χ1) is 8.13. The van der Waals surface area contributed by atoms with Crippen LogP contribution in [0.1, 0.15) is 47.0 Å². The average molecular weight is 242 g/mol. The third kappa shape index (κ3) is 6.29. The highest BCUT2D eigenvalue weighted by Gasteiger charge is 2.20. The van der Waals surface area contributed by atoms with E-state index in [-0.39, 0.29) is 11.8 Å². The summed E-state index contributed by atoms with van der Waals surface area (Å²) in [5.41, 5.74) is 0. The van der Waals surface area contributed by atoms with Gasteiger partial charge in [-0.25, -0.2) is 0 Å². The van der Waals surface area contributed by atoms with E-state index < -0.39 is 0 Å². The third-order valence-corrected chi connectivity index (χ3v) is 2.97. The van der Waals surface area contributed by atoms with Crippen molar-refractivity contribution in [1.29, 1.82) is 0 Å². The highest BCUT2D eigenvalue weighted by Crippen LogP contribution is 2.16. The van der Waals surface area contributed by atoms with Crippen molar-refractivity contribution in [3.05, 3.63) is 0 Å². The van der Waals surface area contributed by atoms with Crippen LogP contribution in [-0.4, -0.2) is 36.3 Å². The molecule has 0 aromatic rings. The first-order valence-electron chi connectivity index (χ1n) is 6.65. The first-order valence-corrected chi connectivity index (χ1v) is 6.65. The molecule has 0 atom stereocenters. The van der Waals surface area contributed by atoms with Crippen molar-refractivity contribution in [2.45, 2.75) is 47.0 Å². The zero-order valence-electron chi connectivity index (χ0n) is 11.6. The topological polar surface area (TPSA) is 49.4 Å². The number of piperidine rings is 1. The van der Waals surface area contributed by atoms with Crippen molar-refractivity contribution in [3.63, 3.8) is 0 Å². The van der Waals surface area contributed by atoms with Crippen molar-refractivity contribution in [2.24, 2.45) is 5.92 Å². The summed E-state index contributed by atoms with van der Waals surface area (Å²) in [6, 6.07) is 0. The molecule has 0 spiro atoms. The van der Waals surface area contributed by atoms with Crippen LogP contribution in [0.15, 0.2) is 0 Å². The van der Waals surface area contributed by atoms with Gasteiger partial charge in [-0.3, -0.25) is 9.59 Å². The van der Waals surface area contributed by atoms with Crippen LogP contribution in [0.4, 0.5) is 0 Å². The maximum atomic E-state index is 11.1. The number of carbonyl (C=O) groups is 2. The third-order valence-electron chi connectivity index (χ3n) is 2.97. The van der Waals surface area contributed by atoms with E-state index in [2.05, 4.69) is 5.32 Å². The molecule has 0 bridgehead atoms. The van der Waals surface area contributed by atoms with Crippen LogP contribution in [-0.2, 0) is 9.59 Å². The SMILES string of the molecule is CC.CCC(=O)NCC1CCN(C(C)=O)CC1. The fourth-order valence-corrected chi connectivity index (χ4v) is 1.84. The summed E-state index contributed by atoms with van der Waals surface area (Å²) in [4.78, 5) is 24.0. The fourth-order valence-electron chi connectivity index (χ4n) is 1.84. The number of nitrogens with zero attached hydrogens (tertiary/aromatic N) is 1. The summed E-state index contributed by atoms with van der Waals surface area (Å²) in [5, 5.41) is 2.90. The Hall–Kier alpha value is -1.06. The highest BCUT2D eigenvalue weighted by molar-refractivity contribution is 5.75. The predicted octanol–water partition coefficient (Wildman–Crippen LogP) is 1.80. The molecule has 1 aliphatic rings. The molecule has 1 saturated heterocycles. The maximum absolute atomic E-state index is 11.1. The summed E-state index contributed by atoms with van der Waals surface area (Å²) in [5.74, 6) is 0.811. The second-order valence-electron chi connectivity index (χ2n) is 4.11. The average Bonchev–Trinajstić information content (AvgIpc) is 2.38. The predicted molar refractivity (Wildman–Crippen MR) is 69.6 cm³/mol. The van der Waals surface area contributed by atoms with Gasteiger partial charge < -0.3 is 10.2 Å². The molecule has 1 rings (SSSR count). The lowest BCUT2D eigenvalue weighted by Crippen LogP contribution is -2.40. The van der Waals surface area contributed by atoms with Gasteiger partial charge in [0.2, 0.25) is 11.8 Å². The molecular weight excluding hydrogens is 216 g/mol. The van der Waals surface area contributed by atoms with Gasteiger partial charge in [0.25, 0.3) is 0 Å². The number of nitrogens with one attached hydrogen (secondary N) is 1. The first kappa shape index (κ1) is 15.9. The molecule has 0 aromatic heterocycles. The number of rotatable bonds is 3. The fraction of sp³-hybridized carbons (Fsp3) is 0.846. The van der Waals surface area contributed by atoms with Crippen LogP contribution >= 0.6 is 0 Å². The van der Waals surface area contributed by atoms with Crippen molar-refractivity contribution >= 4 is 11.8 Å². The Morgan fingerprint density at radius 3 is 2.18 bits per heavy atom. The molecule has 0 aromatic carbocycles. The van der Waals surface area contributed by atoms with Crippen molar-refractivity contribution < 1.29 is 9.59 Å². The molecule has 1 fully saturated rings. The van der Waals surface area contributed by atoms with E-state index in [1.807, 2.05) is 25.7 Å². The van der Waals surface area contributed by atoms with Crippen LogP contribution < -0.4 is 5.32 Å². The van der Waals surface area contributed by atoms with Gasteiger partial charge in [0.05, 0.1) is 0 Å². The summed E-state index contributed by atoms with van der Waals surface area (Å²) in [6.45, 7) is 9.90. The summed E-state index contributed by atoms with van der Waals surface area (Å²) in [7, 11) is 0. The molecule has 4 heteroatoms. The second kappa shape index (κ2) is 9.02. The van der Waals surface area contributed by atoms with E-state index in [9.17, 15) is 9.59 Å². The van der Waals surface area contributed by atoms with Gasteiger partial charge in [-0.05, 0) is 18.8 Å². The molecule has 4 nitrogen and oxygen atoms in total. The molecule has 1 N–H and O–H groups in total. The highest BCUT2D eigenvalue weighted by atomic mass is 16.2. The van der Waals surface area contributed by atoms with Gasteiger partial charge in [-0.2, -0.15) is 0 Å². The molecule has 100 valence electrons. The number of hydrogen-bond acceptors (Lipinski definition) is 2. The molecule has 1 aliphatic heterocycles. The lowest BCUT2D eigenvalue weighted by Gasteiger charge is -2.31. The van der Waals surface area contributed by atoms with Gasteiger partial charge >= 0.3 is 0 Å². The second-order valence-corrected chi connectivity index (χ2v) is 4.11. The standard InChI is InChI=1S/C11H20N2O2.C2H6/c1-3-11(15)12-8-10-4-6-13(7-5-10)9(2)14;1-2/h10H,3-8H2,1-2H3,(H,12,15);1-2H3. The number of likely N-dealkylation sites (tertiary alicyclic amines) is 1. The zero-order chi connectivity index (χ0) is 13.3. The molecule has 0 aliphatic carbocycles. The van der Waals surface area contributed by atoms with Gasteiger partial charge in [0.1, 0.15) is 0 Å².